The second-order valence-corrected chi connectivity index (χ2v) is 6.31. The first-order valence-electron chi connectivity index (χ1n) is 7.79. The number of rotatable bonds is 2. The molecule has 1 unspecified atom stereocenters. The smallest absolute Gasteiger partial charge is 0.253 e. The van der Waals surface area contributed by atoms with Gasteiger partial charge in [0.15, 0.2) is 0 Å². The zero-order chi connectivity index (χ0) is 14.9. The number of nitrogens with zero attached hydrogens (tertiary/aromatic N) is 2. The molecule has 1 atom stereocenters. The van der Waals surface area contributed by atoms with Crippen LogP contribution in [-0.4, -0.2) is 55.0 Å². The van der Waals surface area contributed by atoms with Crippen LogP contribution in [0.4, 0.5) is 0 Å². The Morgan fingerprint density at radius 3 is 2.43 bits per heavy atom. The molecule has 2 aliphatic rings. The number of ether oxygens (including phenoxy) is 1. The van der Waals surface area contributed by atoms with Crippen LogP contribution in [0, 0.1) is 0 Å². The first-order valence-corrected chi connectivity index (χ1v) is 7.79. The molecule has 0 aliphatic carbocycles. The Balaban J connectivity index is 1.74. The Morgan fingerprint density at radius 1 is 1.14 bits per heavy atom. The summed E-state index contributed by atoms with van der Waals surface area (Å²) in [6.45, 7) is 2.90. The summed E-state index contributed by atoms with van der Waals surface area (Å²) in [5, 5.41) is 0. The Morgan fingerprint density at radius 2 is 1.81 bits per heavy atom. The molecule has 1 amide bonds. The second-order valence-electron chi connectivity index (χ2n) is 6.31. The summed E-state index contributed by atoms with van der Waals surface area (Å²) in [7, 11) is 3.84. The van der Waals surface area contributed by atoms with Crippen LogP contribution in [0.5, 0.6) is 5.75 Å². The fourth-order valence-electron chi connectivity index (χ4n) is 3.79. The fraction of sp³-hybridized carbons (Fsp3) is 0.588. The zero-order valence-electron chi connectivity index (χ0n) is 13.0. The van der Waals surface area contributed by atoms with Crippen molar-refractivity contribution in [1.82, 2.24) is 9.80 Å². The third kappa shape index (κ3) is 2.64. The van der Waals surface area contributed by atoms with E-state index in [0.717, 1.165) is 37.4 Å². The molecule has 2 aliphatic heterocycles. The molecule has 2 heterocycles. The number of amides is 1. The van der Waals surface area contributed by atoms with E-state index in [0.29, 0.717) is 0 Å². The maximum atomic E-state index is 12.7. The van der Waals surface area contributed by atoms with Crippen LogP contribution in [-0.2, 0) is 0 Å². The molecule has 0 N–H and O–H groups in total. The van der Waals surface area contributed by atoms with Crippen molar-refractivity contribution in [1.29, 1.82) is 0 Å². The molecule has 0 aromatic heterocycles. The van der Waals surface area contributed by atoms with Gasteiger partial charge in [-0.3, -0.25) is 9.69 Å². The van der Waals surface area contributed by atoms with Gasteiger partial charge in [-0.1, -0.05) is 0 Å². The highest BCUT2D eigenvalue weighted by atomic mass is 16.5. The van der Waals surface area contributed by atoms with E-state index in [1.807, 2.05) is 29.2 Å². The molecule has 2 saturated heterocycles. The van der Waals surface area contributed by atoms with Crippen LogP contribution in [0.3, 0.4) is 0 Å². The summed E-state index contributed by atoms with van der Waals surface area (Å²) >= 11 is 0. The van der Waals surface area contributed by atoms with Gasteiger partial charge in [-0.25, -0.2) is 0 Å². The van der Waals surface area contributed by atoms with Gasteiger partial charge in [-0.05, 0) is 63.5 Å². The van der Waals surface area contributed by atoms with Crippen molar-refractivity contribution in [3.8, 4) is 5.75 Å². The van der Waals surface area contributed by atoms with E-state index in [1.165, 1.54) is 19.3 Å². The maximum absolute atomic E-state index is 12.7. The van der Waals surface area contributed by atoms with Crippen LogP contribution in [0.15, 0.2) is 24.3 Å². The van der Waals surface area contributed by atoms with Crippen LogP contribution >= 0.6 is 0 Å². The number of likely N-dealkylation sites (tertiary alicyclic amines) is 2. The van der Waals surface area contributed by atoms with Crippen molar-refractivity contribution in [3.05, 3.63) is 29.8 Å². The lowest BCUT2D eigenvalue weighted by molar-refractivity contribution is 0.0412. The van der Waals surface area contributed by atoms with Gasteiger partial charge in [0, 0.05) is 24.2 Å². The van der Waals surface area contributed by atoms with Gasteiger partial charge >= 0.3 is 0 Å². The SMILES string of the molecule is COc1ccc(C(=O)N2CCCC3(CCCN3C)C2)cc1. The molecule has 1 aromatic carbocycles. The van der Waals surface area contributed by atoms with Crippen molar-refractivity contribution >= 4 is 5.91 Å². The molecule has 114 valence electrons. The summed E-state index contributed by atoms with van der Waals surface area (Å²) in [6, 6.07) is 7.44. The van der Waals surface area contributed by atoms with Gasteiger partial charge in [0.05, 0.1) is 7.11 Å². The molecular formula is C17H24N2O2. The number of carbonyl (C=O) groups excluding carboxylic acids is 1. The lowest BCUT2D eigenvalue weighted by Crippen LogP contribution is -2.55. The minimum atomic E-state index is 0.150. The summed E-state index contributed by atoms with van der Waals surface area (Å²) in [4.78, 5) is 17.2. The number of likely N-dealkylation sites (N-methyl/N-ethyl adjacent to an activating group) is 1. The van der Waals surface area contributed by atoms with Crippen LogP contribution < -0.4 is 4.74 Å². The van der Waals surface area contributed by atoms with E-state index in [1.54, 1.807) is 7.11 Å². The van der Waals surface area contributed by atoms with E-state index in [9.17, 15) is 4.79 Å². The Hall–Kier alpha value is -1.55. The number of benzene rings is 1. The summed E-state index contributed by atoms with van der Waals surface area (Å²) in [6.07, 6.45) is 4.79. The number of hydrogen-bond acceptors (Lipinski definition) is 3. The standard InChI is InChI=1S/C17H24N2O2/c1-18-11-3-9-17(18)10-4-12-19(13-17)16(20)14-5-7-15(21-2)8-6-14/h5-8H,3-4,9-13H2,1-2H3. The molecule has 1 aromatic rings. The van der Waals surface area contributed by atoms with Gasteiger partial charge in [0.1, 0.15) is 5.75 Å². The monoisotopic (exact) mass is 288 g/mol. The quantitative estimate of drug-likeness (QED) is 0.838. The van der Waals surface area contributed by atoms with Crippen molar-refractivity contribution in [2.45, 2.75) is 31.2 Å². The fourth-order valence-corrected chi connectivity index (χ4v) is 3.79. The molecular weight excluding hydrogens is 264 g/mol. The minimum absolute atomic E-state index is 0.150. The molecule has 21 heavy (non-hydrogen) atoms. The predicted molar refractivity (Wildman–Crippen MR) is 82.7 cm³/mol. The van der Waals surface area contributed by atoms with E-state index in [2.05, 4.69) is 11.9 Å². The molecule has 0 saturated carbocycles. The lowest BCUT2D eigenvalue weighted by atomic mass is 9.86. The van der Waals surface area contributed by atoms with Gasteiger partial charge < -0.3 is 9.64 Å². The maximum Gasteiger partial charge on any atom is 0.253 e. The number of methoxy groups -OCH3 is 1. The highest BCUT2D eigenvalue weighted by Gasteiger charge is 2.43. The average Bonchev–Trinajstić information content (AvgIpc) is 2.87. The normalized spacial score (nSPS) is 26.3. The minimum Gasteiger partial charge on any atom is -0.497 e. The first kappa shape index (κ1) is 14.4. The predicted octanol–water partition coefficient (Wildman–Crippen LogP) is 2.40. The van der Waals surface area contributed by atoms with E-state index < -0.39 is 0 Å². The largest absolute Gasteiger partial charge is 0.497 e. The highest BCUT2D eigenvalue weighted by molar-refractivity contribution is 5.94. The molecule has 0 radical (unpaired) electrons. The van der Waals surface area contributed by atoms with Crippen molar-refractivity contribution in [3.63, 3.8) is 0 Å². The Kier molecular flexibility index (Phi) is 3.89. The number of hydrogen-bond donors (Lipinski definition) is 0. The molecule has 0 bridgehead atoms. The summed E-state index contributed by atoms with van der Waals surface area (Å²) < 4.78 is 5.15. The summed E-state index contributed by atoms with van der Waals surface area (Å²) in [5.74, 6) is 0.939. The van der Waals surface area contributed by atoms with Crippen LogP contribution in [0.2, 0.25) is 0 Å². The topological polar surface area (TPSA) is 32.8 Å². The number of piperidine rings is 1. The van der Waals surface area contributed by atoms with Gasteiger partial charge in [-0.15, -0.1) is 0 Å². The molecule has 3 rings (SSSR count). The lowest BCUT2D eigenvalue weighted by Gasteiger charge is -2.44. The average molecular weight is 288 g/mol. The Bertz CT molecular complexity index is 514. The first-order chi connectivity index (χ1) is 10.1. The van der Waals surface area contributed by atoms with Crippen LogP contribution in [0.25, 0.3) is 0 Å². The molecule has 4 nitrogen and oxygen atoms in total. The number of carbonyl (C=O) groups is 1. The van der Waals surface area contributed by atoms with Crippen molar-refractivity contribution in [2.24, 2.45) is 0 Å². The van der Waals surface area contributed by atoms with Crippen LogP contribution in [0.1, 0.15) is 36.0 Å². The van der Waals surface area contributed by atoms with Crippen molar-refractivity contribution < 1.29 is 9.53 Å². The highest BCUT2D eigenvalue weighted by Crippen LogP contribution is 2.36. The molecule has 4 heteroatoms. The summed E-state index contributed by atoms with van der Waals surface area (Å²) in [5.41, 5.74) is 0.980. The zero-order valence-corrected chi connectivity index (χ0v) is 13.0. The van der Waals surface area contributed by atoms with E-state index in [4.69, 9.17) is 4.74 Å². The second kappa shape index (κ2) is 5.68. The van der Waals surface area contributed by atoms with Crippen molar-refractivity contribution in [2.75, 3.05) is 33.8 Å². The molecule has 2 fully saturated rings. The van der Waals surface area contributed by atoms with E-state index >= 15 is 0 Å². The third-order valence-electron chi connectivity index (χ3n) is 5.12. The van der Waals surface area contributed by atoms with Gasteiger partial charge in [0.25, 0.3) is 5.91 Å². The Labute approximate surface area is 126 Å². The molecule has 1 spiro atoms. The third-order valence-corrected chi connectivity index (χ3v) is 5.12. The van der Waals surface area contributed by atoms with E-state index in [-0.39, 0.29) is 11.4 Å². The van der Waals surface area contributed by atoms with Gasteiger partial charge in [-0.2, -0.15) is 0 Å². The van der Waals surface area contributed by atoms with Gasteiger partial charge in [0.2, 0.25) is 0 Å².